The highest BCUT2D eigenvalue weighted by Gasteiger charge is 2.21. The number of amides is 1. The molecule has 0 radical (unpaired) electrons. The predicted molar refractivity (Wildman–Crippen MR) is 131 cm³/mol. The third kappa shape index (κ3) is 5.02. The zero-order valence-electron chi connectivity index (χ0n) is 19.6. The van der Waals surface area contributed by atoms with Crippen LogP contribution in [-0.2, 0) is 10.0 Å². The quantitative estimate of drug-likeness (QED) is 0.535. The van der Waals surface area contributed by atoms with Crippen molar-refractivity contribution in [2.45, 2.75) is 38.6 Å². The van der Waals surface area contributed by atoms with E-state index in [9.17, 15) is 13.2 Å². The molecule has 1 amide bonds. The van der Waals surface area contributed by atoms with Gasteiger partial charge in [-0.05, 0) is 86.3 Å². The second-order valence-corrected chi connectivity index (χ2v) is 10.1. The summed E-state index contributed by atoms with van der Waals surface area (Å²) in [6.45, 7) is 8.44. The van der Waals surface area contributed by atoms with Crippen molar-refractivity contribution in [2.75, 3.05) is 17.9 Å². The summed E-state index contributed by atoms with van der Waals surface area (Å²) < 4.78 is 40.0. The van der Waals surface area contributed by atoms with Gasteiger partial charge in [-0.25, -0.2) is 8.42 Å². The third-order valence-electron chi connectivity index (χ3n) is 5.91. The van der Waals surface area contributed by atoms with Gasteiger partial charge >= 0.3 is 0 Å². The molecule has 178 valence electrons. The maximum Gasteiger partial charge on any atom is 0.262 e. The number of ether oxygens (including phenoxy) is 2. The van der Waals surface area contributed by atoms with Crippen molar-refractivity contribution in [2.24, 2.45) is 0 Å². The van der Waals surface area contributed by atoms with Crippen LogP contribution in [0.2, 0.25) is 0 Å². The number of aryl methyl sites for hydroxylation is 3. The number of hydrogen-bond acceptors (Lipinski definition) is 5. The Balaban J connectivity index is 1.53. The molecule has 0 saturated heterocycles. The van der Waals surface area contributed by atoms with Crippen LogP contribution < -0.4 is 19.5 Å². The number of fused-ring (bicyclic) bond motifs is 1. The van der Waals surface area contributed by atoms with E-state index in [1.807, 2.05) is 45.0 Å². The summed E-state index contributed by atoms with van der Waals surface area (Å²) in [5, 5.41) is 2.93. The average molecular weight is 481 g/mol. The number of anilines is 1. The molecular formula is C26H28N2O5S. The molecule has 0 aromatic heterocycles. The van der Waals surface area contributed by atoms with Gasteiger partial charge in [0.05, 0.1) is 10.9 Å². The minimum absolute atomic E-state index is 0.0605. The smallest absolute Gasteiger partial charge is 0.262 e. The molecule has 0 fully saturated rings. The van der Waals surface area contributed by atoms with Crippen molar-refractivity contribution in [1.29, 1.82) is 0 Å². The van der Waals surface area contributed by atoms with E-state index in [2.05, 4.69) is 10.0 Å². The van der Waals surface area contributed by atoms with E-state index < -0.39 is 10.0 Å². The minimum atomic E-state index is -3.88. The van der Waals surface area contributed by atoms with Gasteiger partial charge in [0, 0.05) is 11.3 Å². The topological polar surface area (TPSA) is 93.7 Å². The average Bonchev–Trinajstić information content (AvgIpc) is 2.81. The fraction of sp³-hybridized carbons (Fsp3) is 0.269. The van der Waals surface area contributed by atoms with Crippen molar-refractivity contribution < 1.29 is 22.7 Å². The molecule has 34 heavy (non-hydrogen) atoms. The number of rotatable bonds is 6. The van der Waals surface area contributed by atoms with E-state index in [1.54, 1.807) is 31.2 Å². The maximum atomic E-state index is 13.1. The van der Waals surface area contributed by atoms with E-state index in [0.717, 1.165) is 16.7 Å². The summed E-state index contributed by atoms with van der Waals surface area (Å²) in [6, 6.07) is 15.3. The number of benzene rings is 3. The Hall–Kier alpha value is -3.52. The summed E-state index contributed by atoms with van der Waals surface area (Å²) >= 11 is 0. The van der Waals surface area contributed by atoms with E-state index >= 15 is 0 Å². The molecule has 8 heteroatoms. The lowest BCUT2D eigenvalue weighted by atomic mass is 10.1. The molecule has 3 aromatic carbocycles. The van der Waals surface area contributed by atoms with Gasteiger partial charge in [0.25, 0.3) is 15.9 Å². The van der Waals surface area contributed by atoms with Crippen molar-refractivity contribution in [3.63, 3.8) is 0 Å². The summed E-state index contributed by atoms with van der Waals surface area (Å²) in [6.07, 6.45) is 0. The SMILES string of the molecule is Cc1ccc(NS(=O)(=O)c2cc(C(=O)N[C@H](C)c3ccc4c(c3)OCCO4)ccc2C)cc1C. The second-order valence-electron chi connectivity index (χ2n) is 8.48. The summed E-state index contributed by atoms with van der Waals surface area (Å²) in [4.78, 5) is 13.0. The minimum Gasteiger partial charge on any atom is -0.486 e. The third-order valence-corrected chi connectivity index (χ3v) is 7.44. The molecule has 1 heterocycles. The lowest BCUT2D eigenvalue weighted by Crippen LogP contribution is -2.27. The molecule has 3 aromatic rings. The molecule has 0 unspecified atom stereocenters. The van der Waals surface area contributed by atoms with Crippen molar-refractivity contribution in [3.05, 3.63) is 82.4 Å². The number of carbonyl (C=O) groups is 1. The molecule has 1 atom stereocenters. The molecule has 1 aliphatic heterocycles. The summed E-state index contributed by atoms with van der Waals surface area (Å²) in [7, 11) is -3.88. The second kappa shape index (κ2) is 9.38. The largest absolute Gasteiger partial charge is 0.486 e. The first-order chi connectivity index (χ1) is 16.1. The van der Waals surface area contributed by atoms with Crippen LogP contribution in [0.25, 0.3) is 0 Å². The number of nitrogens with one attached hydrogen (secondary N) is 2. The van der Waals surface area contributed by atoms with Crippen molar-refractivity contribution in [3.8, 4) is 11.5 Å². The maximum absolute atomic E-state index is 13.1. The van der Waals surface area contributed by atoms with Crippen LogP contribution in [-0.4, -0.2) is 27.5 Å². The van der Waals surface area contributed by atoms with Gasteiger partial charge in [-0.2, -0.15) is 0 Å². The van der Waals surface area contributed by atoms with E-state index in [0.29, 0.717) is 36.0 Å². The molecule has 0 aliphatic carbocycles. The summed E-state index contributed by atoms with van der Waals surface area (Å²) in [5.74, 6) is 0.953. The molecule has 0 bridgehead atoms. The lowest BCUT2D eigenvalue weighted by molar-refractivity contribution is 0.0939. The Bertz CT molecular complexity index is 1350. The highest BCUT2D eigenvalue weighted by molar-refractivity contribution is 7.92. The number of hydrogen-bond donors (Lipinski definition) is 2. The van der Waals surface area contributed by atoms with Gasteiger partial charge in [-0.15, -0.1) is 0 Å². The number of sulfonamides is 1. The van der Waals surface area contributed by atoms with Crippen LogP contribution in [0.15, 0.2) is 59.5 Å². The Kier molecular flexibility index (Phi) is 6.52. The standard InChI is InChI=1S/C26H28N2O5S/c1-16-6-9-22(13-18(16)3)28-34(30,31)25-15-21(7-5-17(25)2)26(29)27-19(4)20-8-10-23-24(14-20)33-12-11-32-23/h5-10,13-15,19,28H,11-12H2,1-4H3,(H,27,29)/t19-/m1/s1. The van der Waals surface area contributed by atoms with Gasteiger partial charge in [0.1, 0.15) is 13.2 Å². The first-order valence-electron chi connectivity index (χ1n) is 11.1. The zero-order valence-corrected chi connectivity index (χ0v) is 20.5. The highest BCUT2D eigenvalue weighted by atomic mass is 32.2. The van der Waals surface area contributed by atoms with E-state index in [4.69, 9.17) is 9.47 Å². The van der Waals surface area contributed by atoms with Gasteiger partial charge in [0.15, 0.2) is 11.5 Å². The Morgan fingerprint density at radius 2 is 1.56 bits per heavy atom. The first-order valence-corrected chi connectivity index (χ1v) is 12.5. The van der Waals surface area contributed by atoms with Gasteiger partial charge < -0.3 is 14.8 Å². The van der Waals surface area contributed by atoms with Crippen LogP contribution in [0.3, 0.4) is 0 Å². The van der Waals surface area contributed by atoms with E-state index in [1.165, 1.54) is 6.07 Å². The van der Waals surface area contributed by atoms with Gasteiger partial charge in [-0.3, -0.25) is 9.52 Å². The van der Waals surface area contributed by atoms with Crippen LogP contribution in [0, 0.1) is 20.8 Å². The highest BCUT2D eigenvalue weighted by Crippen LogP contribution is 2.32. The molecule has 1 aliphatic rings. The number of carbonyl (C=O) groups excluding carboxylic acids is 1. The first kappa shape index (κ1) is 23.6. The Labute approximate surface area is 200 Å². The zero-order chi connectivity index (χ0) is 24.5. The van der Waals surface area contributed by atoms with Crippen LogP contribution in [0.4, 0.5) is 5.69 Å². The predicted octanol–water partition coefficient (Wildman–Crippen LogP) is 4.67. The van der Waals surface area contributed by atoms with Gasteiger partial charge in [-0.1, -0.05) is 18.2 Å². The molecule has 4 rings (SSSR count). The molecular weight excluding hydrogens is 452 g/mol. The molecule has 0 saturated carbocycles. The van der Waals surface area contributed by atoms with Crippen LogP contribution >= 0.6 is 0 Å². The summed E-state index contributed by atoms with van der Waals surface area (Å²) in [5.41, 5.74) is 4.20. The van der Waals surface area contributed by atoms with Crippen molar-refractivity contribution in [1.82, 2.24) is 5.32 Å². The normalized spacial score (nSPS) is 13.8. The van der Waals surface area contributed by atoms with E-state index in [-0.39, 0.29) is 22.4 Å². The Morgan fingerprint density at radius 3 is 2.29 bits per heavy atom. The Morgan fingerprint density at radius 1 is 0.853 bits per heavy atom. The molecule has 0 spiro atoms. The fourth-order valence-corrected chi connectivity index (χ4v) is 5.06. The van der Waals surface area contributed by atoms with Crippen molar-refractivity contribution >= 4 is 21.6 Å². The monoisotopic (exact) mass is 480 g/mol. The lowest BCUT2D eigenvalue weighted by Gasteiger charge is -2.21. The molecule has 7 nitrogen and oxygen atoms in total. The van der Waals surface area contributed by atoms with Gasteiger partial charge in [0.2, 0.25) is 0 Å². The fourth-order valence-electron chi connectivity index (χ4n) is 3.74. The van der Waals surface area contributed by atoms with Crippen LogP contribution in [0.5, 0.6) is 11.5 Å². The van der Waals surface area contributed by atoms with Crippen LogP contribution in [0.1, 0.15) is 45.6 Å². The molecule has 2 N–H and O–H groups in total.